The van der Waals surface area contributed by atoms with Crippen molar-refractivity contribution in [2.24, 2.45) is 7.05 Å². The molecule has 0 unspecified atom stereocenters. The van der Waals surface area contributed by atoms with E-state index in [0.29, 0.717) is 32.6 Å². The van der Waals surface area contributed by atoms with Gasteiger partial charge in [0.05, 0.1) is 19.5 Å². The summed E-state index contributed by atoms with van der Waals surface area (Å²) < 4.78 is 2.18. The number of carbonyl (C=O) groups excluding carboxylic acids is 2. The van der Waals surface area contributed by atoms with Gasteiger partial charge in [0.1, 0.15) is 11.4 Å². The van der Waals surface area contributed by atoms with Crippen molar-refractivity contribution >= 4 is 17.5 Å². The monoisotopic (exact) mass is 489 g/mol. The lowest BCUT2D eigenvalue weighted by atomic mass is 10.1. The van der Waals surface area contributed by atoms with E-state index < -0.39 is 17.0 Å². The van der Waals surface area contributed by atoms with E-state index in [1.807, 2.05) is 66.4 Å². The number of aryl methyl sites for hydroxylation is 1. The van der Waals surface area contributed by atoms with Gasteiger partial charge in [-0.3, -0.25) is 28.4 Å². The summed E-state index contributed by atoms with van der Waals surface area (Å²) in [6, 6.07) is 17.1. The summed E-state index contributed by atoms with van der Waals surface area (Å²) in [7, 11) is 1.35. The van der Waals surface area contributed by atoms with E-state index in [1.165, 1.54) is 11.6 Å². The molecule has 1 aliphatic heterocycles. The van der Waals surface area contributed by atoms with Crippen LogP contribution in [0.1, 0.15) is 27.0 Å². The van der Waals surface area contributed by atoms with Crippen LogP contribution in [-0.4, -0.2) is 63.3 Å². The second-order valence-corrected chi connectivity index (χ2v) is 9.16. The van der Waals surface area contributed by atoms with Gasteiger partial charge >= 0.3 is 5.69 Å². The van der Waals surface area contributed by atoms with Crippen molar-refractivity contribution in [3.63, 3.8) is 0 Å². The molecule has 2 heterocycles. The molecule has 0 aliphatic carbocycles. The van der Waals surface area contributed by atoms with Gasteiger partial charge in [-0.25, -0.2) is 4.79 Å². The maximum absolute atomic E-state index is 13.2. The van der Waals surface area contributed by atoms with Crippen LogP contribution < -0.4 is 17.0 Å². The van der Waals surface area contributed by atoms with Crippen LogP contribution in [-0.2, 0) is 24.8 Å². The van der Waals surface area contributed by atoms with E-state index >= 15 is 0 Å². The molecule has 1 aromatic heterocycles. The SMILES string of the molecule is Cc1ccccc1CC(=O)N1CCN(CC(=O)c2c(N)n(Cc3ccccc3)c(=O)n(C)c2=O)CC1. The molecule has 0 radical (unpaired) electrons. The second kappa shape index (κ2) is 10.7. The molecular formula is C27H31N5O4. The summed E-state index contributed by atoms with van der Waals surface area (Å²) >= 11 is 0. The summed E-state index contributed by atoms with van der Waals surface area (Å²) in [5, 5.41) is 0. The number of rotatable bonds is 7. The molecule has 0 bridgehead atoms. The Balaban J connectivity index is 1.44. The molecule has 9 nitrogen and oxygen atoms in total. The number of hydrogen-bond donors (Lipinski definition) is 1. The Bertz CT molecular complexity index is 1390. The Morgan fingerprint density at radius 3 is 2.22 bits per heavy atom. The fourth-order valence-electron chi connectivity index (χ4n) is 4.48. The molecule has 1 aliphatic rings. The van der Waals surface area contributed by atoms with Crippen molar-refractivity contribution in [2.75, 3.05) is 38.5 Å². The van der Waals surface area contributed by atoms with Gasteiger partial charge in [0.15, 0.2) is 5.78 Å². The average Bonchev–Trinajstić information content (AvgIpc) is 2.88. The minimum Gasteiger partial charge on any atom is -0.384 e. The van der Waals surface area contributed by atoms with Crippen molar-refractivity contribution in [3.05, 3.63) is 97.7 Å². The number of amides is 1. The standard InChI is InChI=1S/C27H31N5O4/c1-19-8-6-7-11-21(19)16-23(34)31-14-12-30(13-15-31)18-22(33)24-25(28)32(27(36)29(2)26(24)35)17-20-9-4-3-5-10-20/h3-11H,12-18,28H2,1-2H3. The largest absolute Gasteiger partial charge is 0.384 e. The Hall–Kier alpha value is -3.98. The highest BCUT2D eigenvalue weighted by molar-refractivity contribution is 6.01. The topological polar surface area (TPSA) is 111 Å². The molecule has 1 saturated heterocycles. The molecule has 0 spiro atoms. The van der Waals surface area contributed by atoms with Crippen LogP contribution in [0.4, 0.5) is 5.82 Å². The number of ketones is 1. The van der Waals surface area contributed by atoms with Crippen LogP contribution in [0.5, 0.6) is 0 Å². The smallest absolute Gasteiger partial charge is 0.332 e. The van der Waals surface area contributed by atoms with Gasteiger partial charge in [0.25, 0.3) is 5.56 Å². The first kappa shape index (κ1) is 25.1. The molecule has 2 aromatic carbocycles. The molecule has 2 N–H and O–H groups in total. The van der Waals surface area contributed by atoms with Gasteiger partial charge in [-0.2, -0.15) is 0 Å². The summed E-state index contributed by atoms with van der Waals surface area (Å²) in [6.07, 6.45) is 0.348. The lowest BCUT2D eigenvalue weighted by Crippen LogP contribution is -2.51. The average molecular weight is 490 g/mol. The van der Waals surface area contributed by atoms with Gasteiger partial charge in [-0.1, -0.05) is 54.6 Å². The number of nitrogen functional groups attached to an aromatic ring is 1. The van der Waals surface area contributed by atoms with Gasteiger partial charge in [-0.15, -0.1) is 0 Å². The van der Waals surface area contributed by atoms with E-state index in [-0.39, 0.29) is 30.4 Å². The number of aromatic nitrogens is 2. The number of Topliss-reactive ketones (excluding diaryl/α,β-unsaturated/α-hetero) is 1. The van der Waals surface area contributed by atoms with E-state index in [9.17, 15) is 19.2 Å². The van der Waals surface area contributed by atoms with Crippen LogP contribution in [0.2, 0.25) is 0 Å². The number of benzene rings is 2. The third-order valence-corrected chi connectivity index (χ3v) is 6.74. The van der Waals surface area contributed by atoms with Gasteiger partial charge in [-0.05, 0) is 23.6 Å². The zero-order chi connectivity index (χ0) is 25.8. The van der Waals surface area contributed by atoms with Crippen molar-refractivity contribution in [3.8, 4) is 0 Å². The van der Waals surface area contributed by atoms with Crippen molar-refractivity contribution in [2.45, 2.75) is 19.9 Å². The van der Waals surface area contributed by atoms with Crippen molar-refractivity contribution < 1.29 is 9.59 Å². The molecule has 1 fully saturated rings. The number of nitrogens with two attached hydrogens (primary N) is 1. The highest BCUT2D eigenvalue weighted by Gasteiger charge is 2.26. The molecule has 0 atom stereocenters. The van der Waals surface area contributed by atoms with E-state index in [1.54, 1.807) is 4.90 Å². The number of hydrogen-bond acceptors (Lipinski definition) is 6. The predicted octanol–water partition coefficient (Wildman–Crippen LogP) is 1.06. The quantitative estimate of drug-likeness (QED) is 0.497. The molecule has 188 valence electrons. The van der Waals surface area contributed by atoms with Gasteiger partial charge in [0, 0.05) is 33.2 Å². The number of piperazine rings is 1. The molecular weight excluding hydrogens is 458 g/mol. The Morgan fingerprint density at radius 1 is 0.917 bits per heavy atom. The lowest BCUT2D eigenvalue weighted by molar-refractivity contribution is -0.132. The maximum atomic E-state index is 13.2. The maximum Gasteiger partial charge on any atom is 0.332 e. The van der Waals surface area contributed by atoms with Crippen LogP contribution in [0, 0.1) is 6.92 Å². The third kappa shape index (κ3) is 5.31. The van der Waals surface area contributed by atoms with Crippen LogP contribution in [0.3, 0.4) is 0 Å². The molecule has 3 aromatic rings. The Morgan fingerprint density at radius 2 is 1.56 bits per heavy atom. The van der Waals surface area contributed by atoms with Crippen molar-refractivity contribution in [1.29, 1.82) is 0 Å². The zero-order valence-electron chi connectivity index (χ0n) is 20.6. The minimum atomic E-state index is -0.696. The number of nitrogens with zero attached hydrogens (tertiary/aromatic N) is 4. The van der Waals surface area contributed by atoms with E-state index in [2.05, 4.69) is 0 Å². The molecule has 4 rings (SSSR count). The number of carbonyl (C=O) groups is 2. The summed E-state index contributed by atoms with van der Waals surface area (Å²) in [6.45, 7) is 4.15. The first-order valence-electron chi connectivity index (χ1n) is 12.0. The predicted molar refractivity (Wildman–Crippen MR) is 138 cm³/mol. The highest BCUT2D eigenvalue weighted by Crippen LogP contribution is 2.13. The highest BCUT2D eigenvalue weighted by atomic mass is 16.2. The molecule has 1 amide bonds. The fraction of sp³-hybridized carbons (Fsp3) is 0.333. The molecule has 36 heavy (non-hydrogen) atoms. The third-order valence-electron chi connectivity index (χ3n) is 6.74. The number of anilines is 1. The van der Waals surface area contributed by atoms with Gasteiger partial charge in [0.2, 0.25) is 5.91 Å². The molecule has 9 heteroatoms. The summed E-state index contributed by atoms with van der Waals surface area (Å²) in [4.78, 5) is 55.2. The second-order valence-electron chi connectivity index (χ2n) is 9.16. The van der Waals surface area contributed by atoms with Gasteiger partial charge < -0.3 is 10.6 Å². The van der Waals surface area contributed by atoms with E-state index in [0.717, 1.165) is 21.3 Å². The first-order chi connectivity index (χ1) is 17.3. The van der Waals surface area contributed by atoms with Crippen LogP contribution in [0.15, 0.2) is 64.2 Å². The fourth-order valence-corrected chi connectivity index (χ4v) is 4.48. The normalized spacial score (nSPS) is 14.1. The first-order valence-corrected chi connectivity index (χ1v) is 12.0. The zero-order valence-corrected chi connectivity index (χ0v) is 20.6. The van der Waals surface area contributed by atoms with Crippen LogP contribution >= 0.6 is 0 Å². The molecule has 0 saturated carbocycles. The van der Waals surface area contributed by atoms with Crippen molar-refractivity contribution in [1.82, 2.24) is 18.9 Å². The Labute approximate surface area is 209 Å². The Kier molecular flexibility index (Phi) is 7.49. The summed E-state index contributed by atoms with van der Waals surface area (Å²) in [5.74, 6) is -0.500. The lowest BCUT2D eigenvalue weighted by Gasteiger charge is -2.34. The van der Waals surface area contributed by atoms with E-state index in [4.69, 9.17) is 5.73 Å². The van der Waals surface area contributed by atoms with Crippen LogP contribution in [0.25, 0.3) is 0 Å². The minimum absolute atomic E-state index is 0.0111. The summed E-state index contributed by atoms with van der Waals surface area (Å²) in [5.41, 5.74) is 7.70.